The van der Waals surface area contributed by atoms with Crippen LogP contribution in [0.2, 0.25) is 0 Å². The van der Waals surface area contributed by atoms with Crippen molar-refractivity contribution in [2.24, 2.45) is 0 Å². The van der Waals surface area contributed by atoms with Crippen LogP contribution in [0.15, 0.2) is 96.6 Å². The lowest BCUT2D eigenvalue weighted by atomic mass is 9.97. The highest BCUT2D eigenvalue weighted by Gasteiger charge is 2.40. The summed E-state index contributed by atoms with van der Waals surface area (Å²) >= 11 is 0. The Morgan fingerprint density at radius 2 is 1.60 bits per heavy atom. The van der Waals surface area contributed by atoms with Gasteiger partial charge in [0.1, 0.15) is 17.9 Å². The van der Waals surface area contributed by atoms with E-state index in [0.717, 1.165) is 32.4 Å². The SMILES string of the molecule is CCOC(=O)C1=C(c2ccccc2)c2ccc(OCc3ccc4ccccc4c3)cc2/C1=[N+](/C)O. The maximum Gasteiger partial charge on any atom is 0.345 e. The third-order valence-corrected chi connectivity index (χ3v) is 6.09. The monoisotopic (exact) mass is 464 g/mol. The molecule has 5 rings (SSSR count). The van der Waals surface area contributed by atoms with E-state index < -0.39 is 5.97 Å². The zero-order valence-corrected chi connectivity index (χ0v) is 19.7. The van der Waals surface area contributed by atoms with Crippen LogP contribution < -0.4 is 4.74 Å². The van der Waals surface area contributed by atoms with E-state index in [4.69, 9.17) is 9.47 Å². The Morgan fingerprint density at radius 3 is 2.34 bits per heavy atom. The predicted octanol–water partition coefficient (Wildman–Crippen LogP) is 5.62. The van der Waals surface area contributed by atoms with Gasteiger partial charge in [0.25, 0.3) is 5.71 Å². The third-order valence-electron chi connectivity index (χ3n) is 6.09. The van der Waals surface area contributed by atoms with Crippen molar-refractivity contribution in [1.82, 2.24) is 0 Å². The molecular weight excluding hydrogens is 438 g/mol. The third kappa shape index (κ3) is 4.28. The Labute approximate surface area is 204 Å². The second-order valence-corrected chi connectivity index (χ2v) is 8.39. The van der Waals surface area contributed by atoms with Crippen molar-refractivity contribution in [2.45, 2.75) is 13.5 Å². The molecule has 0 spiro atoms. The van der Waals surface area contributed by atoms with Gasteiger partial charge in [0.15, 0.2) is 7.05 Å². The molecule has 0 radical (unpaired) electrons. The zero-order chi connectivity index (χ0) is 24.4. The lowest BCUT2D eigenvalue weighted by Gasteiger charge is -2.10. The van der Waals surface area contributed by atoms with Crippen LogP contribution in [0.3, 0.4) is 0 Å². The second kappa shape index (κ2) is 9.47. The number of hydrogen-bond acceptors (Lipinski definition) is 4. The van der Waals surface area contributed by atoms with Gasteiger partial charge in [0.2, 0.25) is 0 Å². The summed E-state index contributed by atoms with van der Waals surface area (Å²) in [5.74, 6) is 0.172. The molecule has 4 aromatic rings. The van der Waals surface area contributed by atoms with Crippen molar-refractivity contribution in [1.29, 1.82) is 0 Å². The number of fused-ring (bicyclic) bond motifs is 2. The molecule has 174 valence electrons. The maximum atomic E-state index is 13.0. The van der Waals surface area contributed by atoms with Gasteiger partial charge in [-0.25, -0.2) is 4.79 Å². The normalized spacial score (nSPS) is 14.1. The number of carbonyl (C=O) groups is 1. The maximum absolute atomic E-state index is 13.0. The Kier molecular flexibility index (Phi) is 6.06. The van der Waals surface area contributed by atoms with Crippen molar-refractivity contribution in [3.63, 3.8) is 0 Å². The minimum Gasteiger partial charge on any atom is -0.489 e. The highest BCUT2D eigenvalue weighted by Crippen LogP contribution is 2.40. The van der Waals surface area contributed by atoms with E-state index >= 15 is 0 Å². The van der Waals surface area contributed by atoms with Gasteiger partial charge in [-0.15, -0.1) is 0 Å². The van der Waals surface area contributed by atoms with Crippen LogP contribution in [-0.4, -0.2) is 35.3 Å². The smallest absolute Gasteiger partial charge is 0.345 e. The van der Waals surface area contributed by atoms with Crippen molar-refractivity contribution in [2.75, 3.05) is 13.7 Å². The fourth-order valence-corrected chi connectivity index (χ4v) is 4.55. The summed E-state index contributed by atoms with van der Waals surface area (Å²) in [6.45, 7) is 2.41. The van der Waals surface area contributed by atoms with Crippen molar-refractivity contribution >= 4 is 28.0 Å². The van der Waals surface area contributed by atoms with E-state index in [0.29, 0.717) is 29.2 Å². The van der Waals surface area contributed by atoms with Gasteiger partial charge in [-0.2, -0.15) is 0 Å². The van der Waals surface area contributed by atoms with E-state index in [1.165, 1.54) is 12.4 Å². The minimum absolute atomic E-state index is 0.239. The first-order chi connectivity index (χ1) is 17.1. The van der Waals surface area contributed by atoms with Crippen LogP contribution in [-0.2, 0) is 16.1 Å². The lowest BCUT2D eigenvalue weighted by Crippen LogP contribution is -2.22. The Hall–Kier alpha value is -4.38. The number of benzene rings is 4. The molecule has 0 bridgehead atoms. The fraction of sp³-hybridized carbons (Fsp3) is 0.133. The van der Waals surface area contributed by atoms with E-state index in [-0.39, 0.29) is 6.61 Å². The van der Waals surface area contributed by atoms with Crippen LogP contribution in [0.5, 0.6) is 5.75 Å². The Bertz CT molecular complexity index is 1480. The molecule has 0 unspecified atom stereocenters. The van der Waals surface area contributed by atoms with Gasteiger partial charge >= 0.3 is 5.97 Å². The molecule has 4 aromatic carbocycles. The quantitative estimate of drug-likeness (QED) is 0.174. The first-order valence-corrected chi connectivity index (χ1v) is 11.6. The van der Waals surface area contributed by atoms with Gasteiger partial charge in [-0.1, -0.05) is 66.7 Å². The van der Waals surface area contributed by atoms with Gasteiger partial charge in [-0.05, 0) is 63.4 Å². The van der Waals surface area contributed by atoms with Crippen molar-refractivity contribution in [3.8, 4) is 5.75 Å². The van der Waals surface area contributed by atoms with Gasteiger partial charge in [0.05, 0.1) is 12.2 Å². The van der Waals surface area contributed by atoms with E-state index in [9.17, 15) is 10.0 Å². The topological polar surface area (TPSA) is 58.8 Å². The number of ether oxygens (including phenoxy) is 2. The van der Waals surface area contributed by atoms with E-state index in [2.05, 4.69) is 30.3 Å². The summed E-state index contributed by atoms with van der Waals surface area (Å²) in [7, 11) is 1.51. The number of nitrogens with zero attached hydrogens (tertiary/aromatic N) is 1. The molecule has 0 fully saturated rings. The van der Waals surface area contributed by atoms with Crippen molar-refractivity contribution < 1.29 is 24.2 Å². The lowest BCUT2D eigenvalue weighted by molar-refractivity contribution is -0.753. The fourth-order valence-electron chi connectivity index (χ4n) is 4.55. The molecule has 1 N–H and O–H groups in total. The number of esters is 1. The summed E-state index contributed by atoms with van der Waals surface area (Å²) < 4.78 is 12.5. The Morgan fingerprint density at radius 1 is 0.857 bits per heavy atom. The average Bonchev–Trinajstić information content (AvgIpc) is 3.23. The molecule has 0 atom stereocenters. The average molecular weight is 465 g/mol. The predicted molar refractivity (Wildman–Crippen MR) is 136 cm³/mol. The molecule has 0 aromatic heterocycles. The summed E-state index contributed by atoms with van der Waals surface area (Å²) in [6, 6.07) is 29.8. The van der Waals surface area contributed by atoms with Crippen LogP contribution in [0, 0.1) is 0 Å². The number of carbonyl (C=O) groups excluding carboxylic acids is 1. The largest absolute Gasteiger partial charge is 0.489 e. The summed E-state index contributed by atoms with van der Waals surface area (Å²) in [5, 5.41) is 12.9. The summed E-state index contributed by atoms with van der Waals surface area (Å²) in [5.41, 5.74) is 4.96. The Balaban J connectivity index is 1.52. The number of rotatable bonds is 6. The number of hydroxylamine groups is 1. The molecule has 0 aliphatic heterocycles. The van der Waals surface area contributed by atoms with Gasteiger partial charge in [-0.3, -0.25) is 5.21 Å². The zero-order valence-electron chi connectivity index (χ0n) is 19.7. The molecular formula is C30H26NO4+. The van der Waals surface area contributed by atoms with Gasteiger partial charge in [0, 0.05) is 5.57 Å². The molecule has 0 saturated carbocycles. The molecule has 5 nitrogen and oxygen atoms in total. The standard InChI is InChI=1S/C30H26NO4/c1-3-34-30(32)28-27(22-10-5-4-6-11-22)25-16-15-24(18-26(25)29(28)31(2)33)35-19-20-13-14-21-9-7-8-12-23(21)17-20/h4-18,33H,3,19H2,1-2H3/q+1/b31-29+. The number of hydrogen-bond donors (Lipinski definition) is 1. The molecule has 0 saturated heterocycles. The minimum atomic E-state index is -0.475. The molecule has 0 amide bonds. The highest BCUT2D eigenvalue weighted by molar-refractivity contribution is 6.35. The molecule has 0 heterocycles. The first kappa shape index (κ1) is 22.4. The second-order valence-electron chi connectivity index (χ2n) is 8.39. The van der Waals surface area contributed by atoms with E-state index in [1.54, 1.807) is 6.92 Å². The first-order valence-electron chi connectivity index (χ1n) is 11.6. The van der Waals surface area contributed by atoms with Gasteiger partial charge < -0.3 is 9.47 Å². The van der Waals surface area contributed by atoms with Crippen LogP contribution in [0.25, 0.3) is 16.3 Å². The molecule has 5 heteroatoms. The van der Waals surface area contributed by atoms with Crippen molar-refractivity contribution in [3.05, 3.63) is 119 Å². The molecule has 35 heavy (non-hydrogen) atoms. The summed E-state index contributed by atoms with van der Waals surface area (Å²) in [6.07, 6.45) is 0. The van der Waals surface area contributed by atoms with E-state index in [1.807, 2.05) is 60.7 Å². The van der Waals surface area contributed by atoms with Crippen LogP contribution in [0.4, 0.5) is 0 Å². The van der Waals surface area contributed by atoms with Crippen LogP contribution in [0.1, 0.15) is 29.2 Å². The molecule has 1 aliphatic rings. The highest BCUT2D eigenvalue weighted by atomic mass is 16.5. The van der Waals surface area contributed by atoms with Crippen LogP contribution >= 0.6 is 0 Å². The summed E-state index contributed by atoms with van der Waals surface area (Å²) in [4.78, 5) is 13.0. The molecule has 1 aliphatic carbocycles.